The molecule has 0 aromatic carbocycles. The fourth-order valence-corrected chi connectivity index (χ4v) is 1.01. The summed E-state index contributed by atoms with van der Waals surface area (Å²) in [5, 5.41) is 5.82. The van der Waals surface area contributed by atoms with Gasteiger partial charge in [0.15, 0.2) is 0 Å². The van der Waals surface area contributed by atoms with E-state index in [4.69, 9.17) is 9.47 Å². The number of nitrogens with one attached hydrogen (secondary N) is 2. The van der Waals surface area contributed by atoms with Crippen molar-refractivity contribution in [2.24, 2.45) is 0 Å². The average molecular weight is 218 g/mol. The fraction of sp³-hybridized carbons (Fsp3) is 0.900. The second-order valence-electron chi connectivity index (χ2n) is 3.16. The van der Waals surface area contributed by atoms with Crippen molar-refractivity contribution in [2.45, 2.75) is 19.9 Å². The number of carbonyl (C=O) groups is 1. The zero-order valence-electron chi connectivity index (χ0n) is 9.84. The lowest BCUT2D eigenvalue weighted by Gasteiger charge is -2.13. The molecule has 0 bridgehead atoms. The van der Waals surface area contributed by atoms with Gasteiger partial charge in [-0.1, -0.05) is 0 Å². The summed E-state index contributed by atoms with van der Waals surface area (Å²) in [5.74, 6) is -0.0106. The van der Waals surface area contributed by atoms with E-state index in [-0.39, 0.29) is 11.9 Å². The minimum Gasteiger partial charge on any atom is -0.383 e. The molecule has 0 saturated heterocycles. The Morgan fingerprint density at radius 2 is 2.07 bits per heavy atom. The monoisotopic (exact) mass is 218 g/mol. The highest BCUT2D eigenvalue weighted by Gasteiger charge is 2.10. The molecule has 0 aliphatic carbocycles. The van der Waals surface area contributed by atoms with Crippen LogP contribution in [-0.2, 0) is 14.3 Å². The van der Waals surface area contributed by atoms with E-state index in [1.54, 1.807) is 7.11 Å². The quantitative estimate of drug-likeness (QED) is 0.525. The van der Waals surface area contributed by atoms with E-state index >= 15 is 0 Å². The van der Waals surface area contributed by atoms with Crippen LogP contribution in [0.1, 0.15) is 13.8 Å². The largest absolute Gasteiger partial charge is 0.383 e. The molecular weight excluding hydrogens is 196 g/mol. The Hall–Kier alpha value is -0.650. The van der Waals surface area contributed by atoms with Crippen LogP contribution in [0, 0.1) is 0 Å². The van der Waals surface area contributed by atoms with Crippen molar-refractivity contribution in [1.29, 1.82) is 0 Å². The van der Waals surface area contributed by atoms with Gasteiger partial charge in [0.1, 0.15) is 0 Å². The smallest absolute Gasteiger partial charge is 0.236 e. The molecule has 90 valence electrons. The van der Waals surface area contributed by atoms with Crippen LogP contribution in [0.2, 0.25) is 0 Å². The van der Waals surface area contributed by atoms with Crippen LogP contribution in [0.15, 0.2) is 0 Å². The van der Waals surface area contributed by atoms with E-state index < -0.39 is 0 Å². The van der Waals surface area contributed by atoms with Crippen LogP contribution >= 0.6 is 0 Å². The molecule has 1 atom stereocenters. The summed E-state index contributed by atoms with van der Waals surface area (Å²) in [4.78, 5) is 11.4. The topological polar surface area (TPSA) is 59.6 Å². The van der Waals surface area contributed by atoms with Crippen LogP contribution in [-0.4, -0.2) is 52.0 Å². The maximum Gasteiger partial charge on any atom is 0.236 e. The normalized spacial score (nSPS) is 12.5. The number of hydrogen-bond acceptors (Lipinski definition) is 4. The fourth-order valence-electron chi connectivity index (χ4n) is 1.01. The van der Waals surface area contributed by atoms with Crippen molar-refractivity contribution in [2.75, 3.05) is 40.0 Å². The van der Waals surface area contributed by atoms with Gasteiger partial charge in [0.2, 0.25) is 5.91 Å². The van der Waals surface area contributed by atoms with Crippen LogP contribution in [0.3, 0.4) is 0 Å². The van der Waals surface area contributed by atoms with Crippen molar-refractivity contribution < 1.29 is 14.3 Å². The van der Waals surface area contributed by atoms with E-state index in [1.807, 2.05) is 13.8 Å². The molecule has 0 aliphatic rings. The molecule has 0 saturated carbocycles. The number of methoxy groups -OCH3 is 1. The van der Waals surface area contributed by atoms with Crippen molar-refractivity contribution in [3.8, 4) is 0 Å². The first-order valence-electron chi connectivity index (χ1n) is 5.30. The molecule has 0 rings (SSSR count). The Morgan fingerprint density at radius 3 is 2.67 bits per heavy atom. The molecule has 1 unspecified atom stereocenters. The minimum absolute atomic E-state index is 0.0106. The first-order valence-corrected chi connectivity index (χ1v) is 5.30. The van der Waals surface area contributed by atoms with Crippen LogP contribution in [0.4, 0.5) is 0 Å². The third kappa shape index (κ3) is 8.35. The molecule has 0 radical (unpaired) electrons. The van der Waals surface area contributed by atoms with Gasteiger partial charge in [0.25, 0.3) is 0 Å². The summed E-state index contributed by atoms with van der Waals surface area (Å²) >= 11 is 0. The molecule has 2 N–H and O–H groups in total. The summed E-state index contributed by atoms with van der Waals surface area (Å²) in [5.41, 5.74) is 0. The molecule has 0 aliphatic heterocycles. The van der Waals surface area contributed by atoms with Crippen LogP contribution in [0.25, 0.3) is 0 Å². The Balaban J connectivity index is 3.42. The first-order chi connectivity index (χ1) is 7.22. The van der Waals surface area contributed by atoms with Gasteiger partial charge in [0.05, 0.1) is 19.3 Å². The number of hydrogen-bond donors (Lipinski definition) is 2. The zero-order valence-corrected chi connectivity index (χ0v) is 9.84. The summed E-state index contributed by atoms with van der Waals surface area (Å²) in [6.45, 7) is 6.88. The van der Waals surface area contributed by atoms with Gasteiger partial charge >= 0.3 is 0 Å². The second-order valence-corrected chi connectivity index (χ2v) is 3.16. The lowest BCUT2D eigenvalue weighted by molar-refractivity contribution is -0.123. The molecule has 0 fully saturated rings. The van der Waals surface area contributed by atoms with Crippen LogP contribution in [0.5, 0.6) is 0 Å². The van der Waals surface area contributed by atoms with E-state index in [2.05, 4.69) is 10.6 Å². The number of carbonyl (C=O) groups excluding carboxylic acids is 1. The molecule has 15 heavy (non-hydrogen) atoms. The molecule has 0 spiro atoms. The van der Waals surface area contributed by atoms with Gasteiger partial charge in [0, 0.05) is 26.8 Å². The number of amides is 1. The van der Waals surface area contributed by atoms with Gasteiger partial charge in [-0.05, 0) is 13.8 Å². The van der Waals surface area contributed by atoms with Gasteiger partial charge in [-0.15, -0.1) is 0 Å². The predicted octanol–water partition coefficient (Wildman–Crippen LogP) is -0.236. The third-order valence-electron chi connectivity index (χ3n) is 1.90. The zero-order chi connectivity index (χ0) is 11.5. The minimum atomic E-state index is -0.192. The van der Waals surface area contributed by atoms with E-state index in [0.717, 1.165) is 0 Å². The van der Waals surface area contributed by atoms with Crippen molar-refractivity contribution in [1.82, 2.24) is 10.6 Å². The highest BCUT2D eigenvalue weighted by molar-refractivity contribution is 5.81. The highest BCUT2D eigenvalue weighted by Crippen LogP contribution is 1.82. The standard InChI is InChI=1S/C10H22N2O3/c1-4-15-8-6-11-9(2)10(13)12-5-7-14-3/h9,11H,4-8H2,1-3H3,(H,12,13). The molecule has 0 heterocycles. The number of ether oxygens (including phenoxy) is 2. The van der Waals surface area contributed by atoms with Gasteiger partial charge in [-0.2, -0.15) is 0 Å². The molecule has 5 heteroatoms. The van der Waals surface area contributed by atoms with Crippen LogP contribution < -0.4 is 10.6 Å². The van der Waals surface area contributed by atoms with E-state index in [9.17, 15) is 4.79 Å². The van der Waals surface area contributed by atoms with E-state index in [0.29, 0.717) is 32.9 Å². The van der Waals surface area contributed by atoms with Crippen molar-refractivity contribution >= 4 is 5.91 Å². The Kier molecular flexibility index (Phi) is 9.46. The summed E-state index contributed by atoms with van der Waals surface area (Å²) in [6, 6.07) is -0.192. The first kappa shape index (κ1) is 14.3. The molecule has 5 nitrogen and oxygen atoms in total. The molecule has 0 aromatic heterocycles. The average Bonchev–Trinajstić information content (AvgIpc) is 2.24. The Bertz CT molecular complexity index is 165. The summed E-state index contributed by atoms with van der Waals surface area (Å²) < 4.78 is 9.98. The van der Waals surface area contributed by atoms with Crippen molar-refractivity contribution in [3.63, 3.8) is 0 Å². The summed E-state index contributed by atoms with van der Waals surface area (Å²) in [7, 11) is 1.61. The SMILES string of the molecule is CCOCCNC(C)C(=O)NCCOC. The van der Waals surface area contributed by atoms with Gasteiger partial charge < -0.3 is 20.1 Å². The maximum atomic E-state index is 11.4. The van der Waals surface area contributed by atoms with E-state index in [1.165, 1.54) is 0 Å². The molecular formula is C10H22N2O3. The number of rotatable bonds is 9. The summed E-state index contributed by atoms with van der Waals surface area (Å²) in [6.07, 6.45) is 0. The van der Waals surface area contributed by atoms with Gasteiger partial charge in [-0.3, -0.25) is 4.79 Å². The molecule has 0 aromatic rings. The second kappa shape index (κ2) is 9.89. The van der Waals surface area contributed by atoms with Crippen molar-refractivity contribution in [3.05, 3.63) is 0 Å². The lowest BCUT2D eigenvalue weighted by atomic mass is 10.3. The maximum absolute atomic E-state index is 11.4. The lowest BCUT2D eigenvalue weighted by Crippen LogP contribution is -2.44. The predicted molar refractivity (Wildman–Crippen MR) is 58.8 cm³/mol. The molecule has 1 amide bonds. The Labute approximate surface area is 91.5 Å². The Morgan fingerprint density at radius 1 is 1.33 bits per heavy atom. The van der Waals surface area contributed by atoms with Gasteiger partial charge in [-0.25, -0.2) is 0 Å². The highest BCUT2D eigenvalue weighted by atomic mass is 16.5. The third-order valence-corrected chi connectivity index (χ3v) is 1.90.